The zero-order valence-electron chi connectivity index (χ0n) is 18.9. The highest BCUT2D eigenvalue weighted by Gasteiger charge is 2.47. The number of benzene rings is 2. The van der Waals surface area contributed by atoms with Crippen molar-refractivity contribution >= 4 is 23.1 Å². The molecular weight excluding hydrogens is 481 g/mol. The molecule has 1 amide bonds. The molecule has 2 heterocycles. The largest absolute Gasteiger partial charge is 0.573 e. The topological polar surface area (TPSA) is 98.2 Å². The molecule has 1 fully saturated rings. The summed E-state index contributed by atoms with van der Waals surface area (Å²) in [6, 6.07) is 11.1. The van der Waals surface area contributed by atoms with Gasteiger partial charge in [-0.2, -0.15) is 0 Å². The minimum atomic E-state index is -4.89. The van der Waals surface area contributed by atoms with Gasteiger partial charge in [-0.05, 0) is 48.0 Å². The van der Waals surface area contributed by atoms with Gasteiger partial charge in [-0.1, -0.05) is 6.07 Å². The van der Waals surface area contributed by atoms with E-state index in [0.717, 1.165) is 17.0 Å². The zero-order valence-corrected chi connectivity index (χ0v) is 18.9. The maximum atomic E-state index is 13.2. The third-order valence-corrected chi connectivity index (χ3v) is 5.46. The molecule has 2 aromatic carbocycles. The Hall–Kier alpha value is -4.54. The van der Waals surface area contributed by atoms with Crippen LogP contribution in [0.5, 0.6) is 17.2 Å². The molecule has 1 atom stereocenters. The molecule has 0 saturated carbocycles. The number of halogens is 3. The number of nitrogens with zero attached hydrogens (tertiary/aromatic N) is 2. The molecule has 1 saturated heterocycles. The Bertz CT molecular complexity index is 1320. The Balaban J connectivity index is 1.87. The lowest BCUT2D eigenvalue weighted by Gasteiger charge is -2.25. The molecule has 1 N–H and O–H groups in total. The highest BCUT2D eigenvalue weighted by molar-refractivity contribution is 6.51. The molecule has 3 aromatic rings. The molecule has 4 rings (SSSR count). The molecule has 0 radical (unpaired) electrons. The lowest BCUT2D eigenvalue weighted by molar-refractivity contribution is -0.274. The van der Waals surface area contributed by atoms with E-state index in [2.05, 4.69) is 9.72 Å². The van der Waals surface area contributed by atoms with E-state index in [4.69, 9.17) is 9.47 Å². The first-order valence-electron chi connectivity index (χ1n) is 10.4. The Morgan fingerprint density at radius 1 is 1.00 bits per heavy atom. The van der Waals surface area contributed by atoms with Crippen LogP contribution in [0.4, 0.5) is 18.9 Å². The monoisotopic (exact) mass is 500 g/mol. The quantitative estimate of drug-likeness (QED) is 0.300. The molecular formula is C25H19F3N2O6. The fourth-order valence-corrected chi connectivity index (χ4v) is 3.90. The SMILES string of the molecule is COc1ccc(/C(O)=C2/C(=O)C(=O)N(c3ccc(OC(F)(F)F)cc3)C2c2cccnc2)c(OC)c1. The van der Waals surface area contributed by atoms with Crippen LogP contribution in [0.25, 0.3) is 5.76 Å². The summed E-state index contributed by atoms with van der Waals surface area (Å²) in [6.07, 6.45) is -1.98. The number of ketones is 1. The van der Waals surface area contributed by atoms with Gasteiger partial charge in [0.25, 0.3) is 11.7 Å². The van der Waals surface area contributed by atoms with Gasteiger partial charge in [-0.15, -0.1) is 13.2 Å². The minimum Gasteiger partial charge on any atom is -0.507 e. The number of alkyl halides is 3. The molecule has 11 heteroatoms. The summed E-state index contributed by atoms with van der Waals surface area (Å²) >= 11 is 0. The number of aliphatic hydroxyl groups is 1. The van der Waals surface area contributed by atoms with Crippen molar-refractivity contribution in [2.24, 2.45) is 0 Å². The van der Waals surface area contributed by atoms with E-state index in [0.29, 0.717) is 11.3 Å². The van der Waals surface area contributed by atoms with Gasteiger partial charge >= 0.3 is 6.36 Å². The molecule has 0 aliphatic carbocycles. The summed E-state index contributed by atoms with van der Waals surface area (Å²) in [5.74, 6) is -2.34. The average Bonchev–Trinajstić information content (AvgIpc) is 3.13. The number of hydrogen-bond acceptors (Lipinski definition) is 7. The molecule has 8 nitrogen and oxygen atoms in total. The van der Waals surface area contributed by atoms with E-state index in [-0.39, 0.29) is 22.6 Å². The molecule has 0 spiro atoms. The van der Waals surface area contributed by atoms with E-state index in [1.165, 1.54) is 50.9 Å². The number of aliphatic hydroxyl groups excluding tert-OH is 1. The Labute approximate surface area is 203 Å². The smallest absolute Gasteiger partial charge is 0.507 e. The van der Waals surface area contributed by atoms with Crippen molar-refractivity contribution in [3.63, 3.8) is 0 Å². The van der Waals surface area contributed by atoms with Crippen LogP contribution in [0.1, 0.15) is 17.2 Å². The second kappa shape index (κ2) is 9.61. The number of aromatic nitrogens is 1. The van der Waals surface area contributed by atoms with Crippen molar-refractivity contribution in [1.82, 2.24) is 4.98 Å². The normalized spacial score (nSPS) is 17.2. The number of anilines is 1. The first-order valence-corrected chi connectivity index (χ1v) is 10.4. The number of hydrogen-bond donors (Lipinski definition) is 1. The molecule has 1 unspecified atom stereocenters. The van der Waals surface area contributed by atoms with Gasteiger partial charge in [0, 0.05) is 24.1 Å². The fraction of sp³-hybridized carbons (Fsp3) is 0.160. The van der Waals surface area contributed by atoms with Gasteiger partial charge in [-0.3, -0.25) is 19.5 Å². The predicted molar refractivity (Wildman–Crippen MR) is 122 cm³/mol. The number of pyridine rings is 1. The summed E-state index contributed by atoms with van der Waals surface area (Å²) in [5, 5.41) is 11.2. The van der Waals surface area contributed by atoms with Crippen LogP contribution in [0.15, 0.2) is 72.6 Å². The number of ether oxygens (including phenoxy) is 3. The van der Waals surface area contributed by atoms with Gasteiger partial charge in [0.1, 0.15) is 23.0 Å². The van der Waals surface area contributed by atoms with E-state index in [9.17, 15) is 27.9 Å². The minimum absolute atomic E-state index is 0.112. The summed E-state index contributed by atoms with van der Waals surface area (Å²) in [4.78, 5) is 31.5. The number of carbonyl (C=O) groups is 2. The number of carbonyl (C=O) groups excluding carboxylic acids is 2. The van der Waals surface area contributed by atoms with Crippen molar-refractivity contribution in [3.8, 4) is 17.2 Å². The van der Waals surface area contributed by atoms with Gasteiger partial charge in [0.2, 0.25) is 0 Å². The number of amides is 1. The van der Waals surface area contributed by atoms with Crippen molar-refractivity contribution in [2.75, 3.05) is 19.1 Å². The third kappa shape index (κ3) is 4.67. The van der Waals surface area contributed by atoms with Gasteiger partial charge < -0.3 is 19.3 Å². The molecule has 1 aromatic heterocycles. The van der Waals surface area contributed by atoms with E-state index >= 15 is 0 Å². The van der Waals surface area contributed by atoms with Crippen LogP contribution >= 0.6 is 0 Å². The summed E-state index contributed by atoms with van der Waals surface area (Å²) in [7, 11) is 2.82. The van der Waals surface area contributed by atoms with E-state index in [1.54, 1.807) is 18.2 Å². The van der Waals surface area contributed by atoms with Crippen LogP contribution in [-0.4, -0.2) is 42.4 Å². The Morgan fingerprint density at radius 2 is 1.69 bits per heavy atom. The highest BCUT2D eigenvalue weighted by Crippen LogP contribution is 2.43. The first-order chi connectivity index (χ1) is 17.1. The van der Waals surface area contributed by atoms with Gasteiger partial charge in [-0.25, -0.2) is 0 Å². The Kier molecular flexibility index (Phi) is 6.56. The van der Waals surface area contributed by atoms with E-state index in [1.807, 2.05) is 0 Å². The van der Waals surface area contributed by atoms with Crippen LogP contribution in [-0.2, 0) is 9.59 Å². The predicted octanol–water partition coefficient (Wildman–Crippen LogP) is 4.62. The molecule has 36 heavy (non-hydrogen) atoms. The van der Waals surface area contributed by atoms with Crippen molar-refractivity contribution in [2.45, 2.75) is 12.4 Å². The maximum absolute atomic E-state index is 13.2. The van der Waals surface area contributed by atoms with Crippen molar-refractivity contribution in [3.05, 3.63) is 83.7 Å². The Morgan fingerprint density at radius 3 is 2.28 bits per heavy atom. The van der Waals surface area contributed by atoms with Crippen LogP contribution in [0.3, 0.4) is 0 Å². The second-order valence-electron chi connectivity index (χ2n) is 7.56. The summed E-state index contributed by atoms with van der Waals surface area (Å²) < 4.78 is 52.1. The zero-order chi connectivity index (χ0) is 26.0. The number of Topliss-reactive ketones (excluding diaryl/α,β-unsaturated/α-hetero) is 1. The number of methoxy groups -OCH3 is 2. The average molecular weight is 500 g/mol. The van der Waals surface area contributed by atoms with Gasteiger partial charge in [0.15, 0.2) is 0 Å². The van der Waals surface area contributed by atoms with Crippen LogP contribution in [0, 0.1) is 0 Å². The van der Waals surface area contributed by atoms with Crippen LogP contribution in [0.2, 0.25) is 0 Å². The van der Waals surface area contributed by atoms with Gasteiger partial charge in [0.05, 0.1) is 31.4 Å². The van der Waals surface area contributed by atoms with Crippen molar-refractivity contribution < 1.29 is 42.1 Å². The summed E-state index contributed by atoms with van der Waals surface area (Å²) in [6.45, 7) is 0. The summed E-state index contributed by atoms with van der Waals surface area (Å²) in [5.41, 5.74) is 0.397. The van der Waals surface area contributed by atoms with E-state index < -0.39 is 35.6 Å². The second-order valence-corrected chi connectivity index (χ2v) is 7.56. The first kappa shape index (κ1) is 24.6. The lowest BCUT2D eigenvalue weighted by Crippen LogP contribution is -2.29. The third-order valence-electron chi connectivity index (χ3n) is 5.46. The van der Waals surface area contributed by atoms with Crippen molar-refractivity contribution in [1.29, 1.82) is 0 Å². The standard InChI is InChI=1S/C25H19F3N2O6/c1-34-17-9-10-18(19(12-17)35-2)22(31)20-21(14-4-3-11-29-13-14)30(24(33)23(20)32)15-5-7-16(8-6-15)36-25(26,27)28/h3-13,21,31H,1-2H3/b22-20-. The lowest BCUT2D eigenvalue weighted by atomic mass is 9.95. The van der Waals surface area contributed by atoms with Crippen LogP contribution < -0.4 is 19.1 Å². The molecule has 0 bridgehead atoms. The maximum Gasteiger partial charge on any atom is 0.573 e. The molecule has 1 aliphatic rings. The fourth-order valence-electron chi connectivity index (χ4n) is 3.90. The molecule has 1 aliphatic heterocycles. The molecule has 186 valence electrons. The number of rotatable bonds is 6. The highest BCUT2D eigenvalue weighted by atomic mass is 19.4.